The first-order chi connectivity index (χ1) is 10.3. The number of aliphatic hydroxyl groups excluding tert-OH is 1. The van der Waals surface area contributed by atoms with Crippen LogP contribution in [0.2, 0.25) is 0 Å². The van der Waals surface area contributed by atoms with E-state index in [1.807, 2.05) is 17.5 Å². The molecule has 0 aromatic carbocycles. The van der Waals surface area contributed by atoms with Gasteiger partial charge in [-0.25, -0.2) is 8.42 Å². The average molecular weight is 362 g/mol. The number of aliphatic hydroxyl groups is 1. The minimum atomic E-state index is -3.51. The molecule has 0 saturated heterocycles. The number of nitrogens with one attached hydrogen (secondary N) is 1. The van der Waals surface area contributed by atoms with Crippen LogP contribution in [0, 0.1) is 10.1 Å². The van der Waals surface area contributed by atoms with Crippen molar-refractivity contribution >= 4 is 43.2 Å². The first-order valence-electron chi connectivity index (χ1n) is 6.22. The highest BCUT2D eigenvalue weighted by atomic mass is 32.2. The van der Waals surface area contributed by atoms with Crippen molar-refractivity contribution in [3.63, 3.8) is 0 Å². The van der Waals surface area contributed by atoms with Crippen LogP contribution in [0.4, 0.5) is 10.7 Å². The Hall–Kier alpha value is -1.49. The summed E-state index contributed by atoms with van der Waals surface area (Å²) in [4.78, 5) is 11.4. The summed E-state index contributed by atoms with van der Waals surface area (Å²) in [5, 5.41) is 25.3. The Balaban J connectivity index is 2.38. The zero-order valence-corrected chi connectivity index (χ0v) is 14.0. The molecule has 2 aromatic rings. The smallest absolute Gasteiger partial charge is 0.304 e. The molecule has 0 radical (unpaired) electrons. The molecule has 0 aliphatic carbocycles. The van der Waals surface area contributed by atoms with Crippen molar-refractivity contribution in [2.24, 2.45) is 0 Å². The van der Waals surface area contributed by atoms with Crippen molar-refractivity contribution < 1.29 is 18.4 Å². The predicted molar refractivity (Wildman–Crippen MR) is 86.5 cm³/mol. The normalized spacial score (nSPS) is 13.0. The summed E-state index contributed by atoms with van der Waals surface area (Å²) < 4.78 is 23.1. The van der Waals surface area contributed by atoms with Gasteiger partial charge in [-0.2, -0.15) is 0 Å². The molecule has 2 heterocycles. The van der Waals surface area contributed by atoms with E-state index in [0.717, 1.165) is 28.5 Å². The van der Waals surface area contributed by atoms with Gasteiger partial charge in [0.05, 0.1) is 11.0 Å². The highest BCUT2D eigenvalue weighted by Crippen LogP contribution is 2.40. The van der Waals surface area contributed by atoms with Crippen LogP contribution in [0.3, 0.4) is 0 Å². The molecule has 0 saturated carbocycles. The van der Waals surface area contributed by atoms with E-state index in [2.05, 4.69) is 5.32 Å². The summed E-state index contributed by atoms with van der Waals surface area (Å²) in [5.74, 6) is 0. The standard InChI is InChI=1S/C12H14N2O5S3/c1-22(18,19)11-7-9(14(16)17)12(21-11)13-8(4-5-15)10-3-2-6-20-10/h2-3,6-8,13,15H,4-5H2,1H3. The minimum absolute atomic E-state index is 0.0596. The van der Waals surface area contributed by atoms with Gasteiger partial charge in [-0.1, -0.05) is 17.4 Å². The van der Waals surface area contributed by atoms with E-state index >= 15 is 0 Å². The Morgan fingerprint density at radius 3 is 2.73 bits per heavy atom. The monoisotopic (exact) mass is 362 g/mol. The molecule has 0 amide bonds. The zero-order chi connectivity index (χ0) is 16.3. The molecule has 2 aromatic heterocycles. The highest BCUT2D eigenvalue weighted by molar-refractivity contribution is 7.92. The second-order valence-electron chi connectivity index (χ2n) is 4.53. The minimum Gasteiger partial charge on any atom is -0.396 e. The van der Waals surface area contributed by atoms with Crippen LogP contribution in [0.5, 0.6) is 0 Å². The van der Waals surface area contributed by atoms with E-state index in [9.17, 15) is 18.5 Å². The van der Waals surface area contributed by atoms with Gasteiger partial charge in [0.1, 0.15) is 4.21 Å². The number of thiophene rings is 2. The molecule has 0 fully saturated rings. The van der Waals surface area contributed by atoms with Gasteiger partial charge >= 0.3 is 5.69 Å². The summed E-state index contributed by atoms with van der Waals surface area (Å²) in [6.45, 7) is -0.0896. The van der Waals surface area contributed by atoms with Crippen molar-refractivity contribution in [1.29, 1.82) is 0 Å². The van der Waals surface area contributed by atoms with E-state index < -0.39 is 14.8 Å². The Kier molecular flexibility index (Phi) is 5.16. The molecule has 0 bridgehead atoms. The number of anilines is 1. The van der Waals surface area contributed by atoms with E-state index in [4.69, 9.17) is 5.11 Å². The van der Waals surface area contributed by atoms with Crippen molar-refractivity contribution in [2.45, 2.75) is 16.7 Å². The van der Waals surface area contributed by atoms with Gasteiger partial charge in [-0.15, -0.1) is 11.3 Å². The molecule has 120 valence electrons. The molecule has 7 nitrogen and oxygen atoms in total. The number of nitrogens with zero attached hydrogens (tertiary/aromatic N) is 1. The predicted octanol–water partition coefficient (Wildman–Crippen LogP) is 2.66. The zero-order valence-electron chi connectivity index (χ0n) is 11.6. The Morgan fingerprint density at radius 1 is 1.50 bits per heavy atom. The molecule has 2 rings (SSSR count). The van der Waals surface area contributed by atoms with Gasteiger partial charge in [0.2, 0.25) is 0 Å². The van der Waals surface area contributed by atoms with E-state index in [1.165, 1.54) is 11.3 Å². The molecule has 1 unspecified atom stereocenters. The SMILES string of the molecule is CS(=O)(=O)c1cc([N+](=O)[O-])c(NC(CCO)c2cccs2)s1. The molecule has 0 spiro atoms. The van der Waals surface area contributed by atoms with Crippen LogP contribution in [0.1, 0.15) is 17.3 Å². The summed E-state index contributed by atoms with van der Waals surface area (Å²) in [5.41, 5.74) is -0.273. The summed E-state index contributed by atoms with van der Waals surface area (Å²) in [6.07, 6.45) is 1.38. The van der Waals surface area contributed by atoms with Crippen LogP contribution in [-0.4, -0.2) is 31.3 Å². The summed E-state index contributed by atoms with van der Waals surface area (Å²) in [6, 6.07) is 4.45. The summed E-state index contributed by atoms with van der Waals surface area (Å²) >= 11 is 2.29. The van der Waals surface area contributed by atoms with Crippen molar-refractivity contribution in [3.05, 3.63) is 38.6 Å². The molecular formula is C12H14N2O5S3. The molecular weight excluding hydrogens is 348 g/mol. The molecule has 10 heteroatoms. The van der Waals surface area contributed by atoms with Gasteiger partial charge in [0.15, 0.2) is 14.8 Å². The molecule has 0 aliphatic rings. The highest BCUT2D eigenvalue weighted by Gasteiger charge is 2.26. The summed E-state index contributed by atoms with van der Waals surface area (Å²) in [7, 11) is -3.51. The Morgan fingerprint density at radius 2 is 2.23 bits per heavy atom. The van der Waals surface area contributed by atoms with E-state index in [1.54, 1.807) is 0 Å². The molecule has 22 heavy (non-hydrogen) atoms. The van der Waals surface area contributed by atoms with Crippen LogP contribution in [-0.2, 0) is 9.84 Å². The fraction of sp³-hybridized carbons (Fsp3) is 0.333. The van der Waals surface area contributed by atoms with Gasteiger partial charge in [0.25, 0.3) is 0 Å². The molecule has 2 N–H and O–H groups in total. The van der Waals surface area contributed by atoms with Crippen molar-refractivity contribution in [2.75, 3.05) is 18.2 Å². The maximum atomic E-state index is 11.6. The van der Waals surface area contributed by atoms with E-state index in [-0.39, 0.29) is 27.5 Å². The topological polar surface area (TPSA) is 110 Å². The lowest BCUT2D eigenvalue weighted by atomic mass is 10.2. The quantitative estimate of drug-likeness (QED) is 0.579. The maximum Gasteiger partial charge on any atom is 0.304 e. The van der Waals surface area contributed by atoms with E-state index in [0.29, 0.717) is 6.42 Å². The number of hydrogen-bond donors (Lipinski definition) is 2. The van der Waals surface area contributed by atoms with Crippen LogP contribution in [0.25, 0.3) is 0 Å². The lowest BCUT2D eigenvalue weighted by Gasteiger charge is -2.15. The lowest BCUT2D eigenvalue weighted by molar-refractivity contribution is -0.383. The number of nitro groups is 1. The Labute approximate surface area is 135 Å². The van der Waals surface area contributed by atoms with Crippen molar-refractivity contribution in [1.82, 2.24) is 0 Å². The van der Waals surface area contributed by atoms with Crippen LogP contribution in [0.15, 0.2) is 27.8 Å². The Bertz CT molecular complexity index is 752. The van der Waals surface area contributed by atoms with Gasteiger partial charge in [0, 0.05) is 23.8 Å². The van der Waals surface area contributed by atoms with Gasteiger partial charge in [-0.3, -0.25) is 10.1 Å². The number of hydrogen-bond acceptors (Lipinski definition) is 8. The fourth-order valence-corrected chi connectivity index (χ4v) is 4.65. The van der Waals surface area contributed by atoms with Gasteiger partial charge in [-0.05, 0) is 17.9 Å². The number of rotatable bonds is 7. The van der Waals surface area contributed by atoms with Crippen LogP contribution < -0.4 is 5.32 Å². The second kappa shape index (κ2) is 6.73. The third kappa shape index (κ3) is 3.83. The number of sulfone groups is 1. The van der Waals surface area contributed by atoms with Crippen molar-refractivity contribution in [3.8, 4) is 0 Å². The van der Waals surface area contributed by atoms with Crippen LogP contribution >= 0.6 is 22.7 Å². The fourth-order valence-electron chi connectivity index (χ4n) is 1.84. The molecule has 0 aliphatic heterocycles. The lowest BCUT2D eigenvalue weighted by Crippen LogP contribution is -2.11. The maximum absolute atomic E-state index is 11.6. The first-order valence-corrected chi connectivity index (χ1v) is 9.80. The molecule has 1 atom stereocenters. The third-order valence-corrected chi connectivity index (χ3v) is 6.70. The van der Waals surface area contributed by atoms with Gasteiger partial charge < -0.3 is 10.4 Å². The largest absolute Gasteiger partial charge is 0.396 e. The third-order valence-electron chi connectivity index (χ3n) is 2.86. The average Bonchev–Trinajstić information content (AvgIpc) is 3.06. The first kappa shape index (κ1) is 16.9. The second-order valence-corrected chi connectivity index (χ2v) is 8.81.